The number of carbonyl (C=O) groups excluding carboxylic acids is 1. The molecule has 2 aromatic heterocycles. The summed E-state index contributed by atoms with van der Waals surface area (Å²) < 4.78 is 6.06. The van der Waals surface area contributed by atoms with Gasteiger partial charge in [0.25, 0.3) is 5.91 Å². The Balaban J connectivity index is 2.21. The number of fused-ring (bicyclic) bond motifs is 1. The van der Waals surface area contributed by atoms with Crippen molar-refractivity contribution in [2.75, 3.05) is 0 Å². The van der Waals surface area contributed by atoms with E-state index in [-0.39, 0.29) is 5.56 Å². The predicted molar refractivity (Wildman–Crippen MR) is 62.2 cm³/mol. The van der Waals surface area contributed by atoms with E-state index in [9.17, 15) is 9.59 Å². The maximum Gasteiger partial charge on any atom is 0.349 e. The maximum absolute atomic E-state index is 12.0. The third kappa shape index (κ3) is 1.60. The fourth-order valence-electron chi connectivity index (χ4n) is 1.65. The van der Waals surface area contributed by atoms with Crippen LogP contribution in [0.25, 0.3) is 11.0 Å². The Hall–Kier alpha value is -2.76. The molecule has 0 unspecified atom stereocenters. The molecule has 88 valence electrons. The van der Waals surface area contributed by atoms with Crippen molar-refractivity contribution in [3.63, 3.8) is 0 Å². The summed E-state index contributed by atoms with van der Waals surface area (Å²) in [5.41, 5.74) is -0.314. The van der Waals surface area contributed by atoms with E-state index >= 15 is 0 Å². The highest BCUT2D eigenvalue weighted by Gasteiger charge is 2.15. The molecular weight excluding hydrogens is 234 g/mol. The lowest BCUT2D eigenvalue weighted by atomic mass is 10.2. The molecular formula is C12H7N3O3. The number of hydrogen-bond acceptors (Lipinski definition) is 5. The van der Waals surface area contributed by atoms with Crippen LogP contribution in [-0.2, 0) is 0 Å². The second kappa shape index (κ2) is 3.92. The van der Waals surface area contributed by atoms with Crippen LogP contribution in [-0.4, -0.2) is 20.7 Å². The summed E-state index contributed by atoms with van der Waals surface area (Å²) in [5, 5.41) is 4.37. The monoisotopic (exact) mass is 241 g/mol. The van der Waals surface area contributed by atoms with Crippen LogP contribution in [0.15, 0.2) is 52.2 Å². The van der Waals surface area contributed by atoms with Crippen molar-refractivity contribution < 1.29 is 9.21 Å². The van der Waals surface area contributed by atoms with Gasteiger partial charge in [-0.15, -0.1) is 0 Å². The van der Waals surface area contributed by atoms with Crippen molar-refractivity contribution in [2.45, 2.75) is 0 Å². The van der Waals surface area contributed by atoms with Gasteiger partial charge in [0, 0.05) is 5.39 Å². The number of hydrogen-bond donors (Lipinski definition) is 0. The highest BCUT2D eigenvalue weighted by Crippen LogP contribution is 2.12. The van der Waals surface area contributed by atoms with Crippen molar-refractivity contribution in [2.24, 2.45) is 0 Å². The average molecular weight is 241 g/mol. The lowest BCUT2D eigenvalue weighted by Crippen LogP contribution is -2.20. The minimum atomic E-state index is -0.686. The van der Waals surface area contributed by atoms with E-state index in [4.69, 9.17) is 4.42 Å². The molecule has 3 aromatic rings. The van der Waals surface area contributed by atoms with Crippen LogP contribution in [0.2, 0.25) is 0 Å². The standard InChI is InChI=1S/C12H7N3O3/c16-11(15-7-13-6-14-15)9-5-8-3-1-2-4-10(8)18-12(9)17/h1-7H. The first-order chi connectivity index (χ1) is 8.75. The number of rotatable bonds is 1. The van der Waals surface area contributed by atoms with Gasteiger partial charge in [0.1, 0.15) is 23.8 Å². The second-order valence-corrected chi connectivity index (χ2v) is 3.63. The Morgan fingerprint density at radius 2 is 2.11 bits per heavy atom. The van der Waals surface area contributed by atoms with E-state index in [2.05, 4.69) is 10.1 Å². The molecule has 0 aliphatic carbocycles. The first kappa shape index (κ1) is 10.4. The molecule has 1 aromatic carbocycles. The lowest BCUT2D eigenvalue weighted by Gasteiger charge is -2.00. The van der Waals surface area contributed by atoms with Crippen molar-refractivity contribution >= 4 is 16.9 Å². The molecule has 6 heteroatoms. The molecule has 0 saturated heterocycles. The molecule has 0 fully saturated rings. The zero-order valence-corrected chi connectivity index (χ0v) is 9.11. The molecule has 3 rings (SSSR count). The largest absolute Gasteiger partial charge is 0.422 e. The summed E-state index contributed by atoms with van der Waals surface area (Å²) >= 11 is 0. The lowest BCUT2D eigenvalue weighted by molar-refractivity contribution is 0.0941. The van der Waals surface area contributed by atoms with Crippen LogP contribution in [0.1, 0.15) is 10.4 Å². The molecule has 0 N–H and O–H groups in total. The molecule has 6 nitrogen and oxygen atoms in total. The smallest absolute Gasteiger partial charge is 0.349 e. The zero-order chi connectivity index (χ0) is 12.5. The van der Waals surface area contributed by atoms with E-state index < -0.39 is 11.5 Å². The molecule has 0 spiro atoms. The summed E-state index contributed by atoms with van der Waals surface area (Å²) in [7, 11) is 0. The van der Waals surface area contributed by atoms with Gasteiger partial charge in [0.05, 0.1) is 0 Å². The van der Waals surface area contributed by atoms with Crippen molar-refractivity contribution in [1.82, 2.24) is 14.8 Å². The summed E-state index contributed by atoms with van der Waals surface area (Å²) in [4.78, 5) is 27.4. The average Bonchev–Trinajstić information content (AvgIpc) is 2.91. The molecule has 0 aliphatic rings. The van der Waals surface area contributed by atoms with Crippen molar-refractivity contribution in [1.29, 1.82) is 0 Å². The fraction of sp³-hybridized carbons (Fsp3) is 0. The minimum Gasteiger partial charge on any atom is -0.422 e. The van der Waals surface area contributed by atoms with Crippen LogP contribution in [0.3, 0.4) is 0 Å². The van der Waals surface area contributed by atoms with E-state index in [1.807, 2.05) is 0 Å². The number of aromatic nitrogens is 3. The van der Waals surface area contributed by atoms with Gasteiger partial charge in [0.15, 0.2) is 0 Å². The Morgan fingerprint density at radius 3 is 2.89 bits per heavy atom. The first-order valence-corrected chi connectivity index (χ1v) is 5.18. The topological polar surface area (TPSA) is 78.0 Å². The number of carbonyl (C=O) groups is 1. The van der Waals surface area contributed by atoms with Gasteiger partial charge in [-0.2, -0.15) is 9.78 Å². The summed E-state index contributed by atoms with van der Waals surface area (Å²) in [6, 6.07) is 8.47. The van der Waals surface area contributed by atoms with E-state index in [1.165, 1.54) is 18.7 Å². The summed E-state index contributed by atoms with van der Waals surface area (Å²) in [5.74, 6) is -0.563. The van der Waals surface area contributed by atoms with Crippen LogP contribution in [0.5, 0.6) is 0 Å². The predicted octanol–water partition coefficient (Wildman–Crippen LogP) is 1.07. The second-order valence-electron chi connectivity index (χ2n) is 3.63. The number of para-hydroxylation sites is 1. The van der Waals surface area contributed by atoms with Gasteiger partial charge >= 0.3 is 5.63 Å². The van der Waals surface area contributed by atoms with Gasteiger partial charge in [-0.25, -0.2) is 9.78 Å². The highest BCUT2D eigenvalue weighted by atomic mass is 16.4. The Kier molecular flexibility index (Phi) is 2.26. The molecule has 0 radical (unpaired) electrons. The molecule has 0 aliphatic heterocycles. The van der Waals surface area contributed by atoms with E-state index in [1.54, 1.807) is 24.3 Å². The molecule has 0 atom stereocenters. The Morgan fingerprint density at radius 1 is 1.28 bits per heavy atom. The van der Waals surface area contributed by atoms with Crippen LogP contribution < -0.4 is 5.63 Å². The molecule has 0 bridgehead atoms. The van der Waals surface area contributed by atoms with E-state index in [0.717, 1.165) is 4.68 Å². The molecule has 0 amide bonds. The van der Waals surface area contributed by atoms with Crippen LogP contribution >= 0.6 is 0 Å². The van der Waals surface area contributed by atoms with Crippen molar-refractivity contribution in [3.8, 4) is 0 Å². The maximum atomic E-state index is 12.0. The van der Waals surface area contributed by atoms with Gasteiger partial charge in [0.2, 0.25) is 0 Å². The van der Waals surface area contributed by atoms with Crippen molar-refractivity contribution in [3.05, 3.63) is 59.0 Å². The Labute approximate surface area is 100 Å². The summed E-state index contributed by atoms with van der Waals surface area (Å²) in [6.07, 6.45) is 2.46. The molecule has 18 heavy (non-hydrogen) atoms. The van der Waals surface area contributed by atoms with Gasteiger partial charge < -0.3 is 4.42 Å². The third-order valence-electron chi connectivity index (χ3n) is 2.50. The quantitative estimate of drug-likeness (QED) is 0.595. The van der Waals surface area contributed by atoms with Gasteiger partial charge in [-0.3, -0.25) is 4.79 Å². The van der Waals surface area contributed by atoms with Gasteiger partial charge in [-0.1, -0.05) is 18.2 Å². The van der Waals surface area contributed by atoms with Gasteiger partial charge in [-0.05, 0) is 12.1 Å². The van der Waals surface area contributed by atoms with Crippen LogP contribution in [0.4, 0.5) is 0 Å². The third-order valence-corrected chi connectivity index (χ3v) is 2.50. The summed E-state index contributed by atoms with van der Waals surface area (Å²) in [6.45, 7) is 0. The molecule has 0 saturated carbocycles. The fourth-order valence-corrected chi connectivity index (χ4v) is 1.65. The normalized spacial score (nSPS) is 10.7. The van der Waals surface area contributed by atoms with E-state index in [0.29, 0.717) is 11.0 Å². The van der Waals surface area contributed by atoms with Crippen LogP contribution in [0, 0.1) is 0 Å². The minimum absolute atomic E-state index is 0.0702. The number of benzene rings is 1. The number of nitrogens with zero attached hydrogens (tertiary/aromatic N) is 3. The highest BCUT2D eigenvalue weighted by molar-refractivity contribution is 5.97. The molecule has 2 heterocycles. The Bertz CT molecular complexity index is 775. The zero-order valence-electron chi connectivity index (χ0n) is 9.11. The SMILES string of the molecule is O=C(c1cc2ccccc2oc1=O)n1cncn1. The first-order valence-electron chi connectivity index (χ1n) is 5.18.